The molecule has 2 aromatic rings. The number of nitrogens with one attached hydrogen (secondary N) is 1. The van der Waals surface area contributed by atoms with E-state index in [1.807, 2.05) is 70.2 Å². The molecule has 0 aliphatic carbocycles. The summed E-state index contributed by atoms with van der Waals surface area (Å²) >= 11 is 0. The van der Waals surface area contributed by atoms with E-state index < -0.39 is 16.1 Å². The molecule has 2 rings (SSSR count). The molecule has 0 saturated heterocycles. The summed E-state index contributed by atoms with van der Waals surface area (Å²) in [5.41, 5.74) is 2.81. The van der Waals surface area contributed by atoms with Gasteiger partial charge in [-0.15, -0.1) is 0 Å². The van der Waals surface area contributed by atoms with Crippen LogP contribution in [0.5, 0.6) is 0 Å². The van der Waals surface area contributed by atoms with Gasteiger partial charge in [0, 0.05) is 25.6 Å². The number of anilines is 1. The number of carbonyl (C=O) groups is 2. The molecule has 36 heavy (non-hydrogen) atoms. The van der Waals surface area contributed by atoms with Gasteiger partial charge in [0.25, 0.3) is 0 Å². The first-order chi connectivity index (χ1) is 17.1. The predicted molar refractivity (Wildman–Crippen MR) is 146 cm³/mol. The number of nitrogens with zero attached hydrogens (tertiary/aromatic N) is 2. The Kier molecular flexibility index (Phi) is 11.4. The van der Waals surface area contributed by atoms with E-state index in [1.165, 1.54) is 10.6 Å². The number of amides is 2. The Hall–Kier alpha value is -2.87. The average Bonchev–Trinajstić information content (AvgIpc) is 2.83. The van der Waals surface area contributed by atoms with Crippen molar-refractivity contribution in [3.63, 3.8) is 0 Å². The fourth-order valence-corrected chi connectivity index (χ4v) is 5.14. The molecule has 0 spiro atoms. The molecule has 7 nitrogen and oxygen atoms in total. The maximum absolute atomic E-state index is 13.4. The van der Waals surface area contributed by atoms with Crippen molar-refractivity contribution in [3.8, 4) is 0 Å². The van der Waals surface area contributed by atoms with Crippen molar-refractivity contribution in [1.29, 1.82) is 0 Å². The van der Waals surface area contributed by atoms with E-state index in [0.29, 0.717) is 31.5 Å². The van der Waals surface area contributed by atoms with Crippen LogP contribution < -0.4 is 9.62 Å². The Balaban J connectivity index is 2.15. The summed E-state index contributed by atoms with van der Waals surface area (Å²) in [7, 11) is -3.51. The third-order valence-electron chi connectivity index (χ3n) is 6.09. The molecule has 0 fully saturated rings. The summed E-state index contributed by atoms with van der Waals surface area (Å²) in [5, 5.41) is 2.93. The molecule has 0 saturated carbocycles. The largest absolute Gasteiger partial charge is 0.352 e. The van der Waals surface area contributed by atoms with E-state index in [4.69, 9.17) is 0 Å². The van der Waals surface area contributed by atoms with Crippen LogP contribution in [0.2, 0.25) is 0 Å². The molecule has 1 N–H and O–H groups in total. The molecule has 0 unspecified atom stereocenters. The van der Waals surface area contributed by atoms with Crippen LogP contribution in [0.15, 0.2) is 54.6 Å². The maximum atomic E-state index is 13.4. The van der Waals surface area contributed by atoms with E-state index in [0.717, 1.165) is 17.5 Å². The molecule has 2 aromatic carbocycles. The number of carbonyl (C=O) groups excluding carboxylic acids is 2. The first-order valence-electron chi connectivity index (χ1n) is 12.8. The van der Waals surface area contributed by atoms with E-state index >= 15 is 0 Å². The Morgan fingerprint density at radius 1 is 0.917 bits per heavy atom. The molecule has 2 amide bonds. The Labute approximate surface area is 216 Å². The van der Waals surface area contributed by atoms with Crippen LogP contribution >= 0.6 is 0 Å². The lowest BCUT2D eigenvalue weighted by Gasteiger charge is -2.31. The minimum Gasteiger partial charge on any atom is -0.352 e. The molecular formula is C28H41N3O4S. The minimum absolute atomic E-state index is 0.0277. The summed E-state index contributed by atoms with van der Waals surface area (Å²) < 4.78 is 26.3. The molecular weight excluding hydrogens is 474 g/mol. The topological polar surface area (TPSA) is 86.8 Å². The molecule has 0 radical (unpaired) electrons. The highest BCUT2D eigenvalue weighted by Crippen LogP contribution is 2.20. The number of aryl methyl sites for hydroxylation is 1. The van der Waals surface area contributed by atoms with Gasteiger partial charge >= 0.3 is 0 Å². The number of sulfonamides is 1. The van der Waals surface area contributed by atoms with Crippen LogP contribution in [0, 0.1) is 0 Å². The van der Waals surface area contributed by atoms with Crippen molar-refractivity contribution in [1.82, 2.24) is 10.2 Å². The van der Waals surface area contributed by atoms with Gasteiger partial charge in [-0.2, -0.15) is 0 Å². The summed E-state index contributed by atoms with van der Waals surface area (Å²) in [6.45, 7) is 8.35. The highest BCUT2D eigenvalue weighted by atomic mass is 32.2. The lowest BCUT2D eigenvalue weighted by molar-refractivity contribution is -0.141. The van der Waals surface area contributed by atoms with Gasteiger partial charge in [-0.05, 0) is 62.8 Å². The second-order valence-corrected chi connectivity index (χ2v) is 11.3. The van der Waals surface area contributed by atoms with Gasteiger partial charge in [0.2, 0.25) is 21.8 Å². The highest BCUT2D eigenvalue weighted by molar-refractivity contribution is 7.92. The summed E-state index contributed by atoms with van der Waals surface area (Å²) in [4.78, 5) is 27.9. The molecule has 0 aliphatic rings. The summed E-state index contributed by atoms with van der Waals surface area (Å²) in [6, 6.07) is 16.7. The highest BCUT2D eigenvalue weighted by Gasteiger charge is 2.28. The molecule has 8 heteroatoms. The summed E-state index contributed by atoms with van der Waals surface area (Å²) in [5.74, 6) is -0.311. The second kappa shape index (κ2) is 14.0. The van der Waals surface area contributed by atoms with Crippen LogP contribution in [0.4, 0.5) is 5.69 Å². The third kappa shape index (κ3) is 8.97. The van der Waals surface area contributed by atoms with Crippen molar-refractivity contribution < 1.29 is 18.0 Å². The Morgan fingerprint density at radius 2 is 1.56 bits per heavy atom. The molecule has 0 aliphatic heterocycles. The number of hydrogen-bond donors (Lipinski definition) is 1. The number of hydrogen-bond acceptors (Lipinski definition) is 4. The van der Waals surface area contributed by atoms with Gasteiger partial charge in [0.15, 0.2) is 0 Å². The predicted octanol–water partition coefficient (Wildman–Crippen LogP) is 4.17. The molecule has 1 atom stereocenters. The normalized spacial score (nSPS) is 12.3. The van der Waals surface area contributed by atoms with E-state index in [-0.39, 0.29) is 30.8 Å². The van der Waals surface area contributed by atoms with Crippen LogP contribution in [-0.2, 0) is 32.5 Å². The Morgan fingerprint density at radius 3 is 2.08 bits per heavy atom. The lowest BCUT2D eigenvalue weighted by Crippen LogP contribution is -2.51. The van der Waals surface area contributed by atoms with Crippen LogP contribution in [0.1, 0.15) is 58.1 Å². The van der Waals surface area contributed by atoms with Crippen molar-refractivity contribution >= 4 is 27.5 Å². The van der Waals surface area contributed by atoms with Gasteiger partial charge in [0.05, 0.1) is 11.9 Å². The van der Waals surface area contributed by atoms with Crippen molar-refractivity contribution in [3.05, 3.63) is 65.7 Å². The SMILES string of the molecule is CCc1ccc(N(CCCC(=O)N(CCc2ccccc2)[C@@H](CC)C(=O)NC(C)C)S(C)(=O)=O)cc1. The Bertz CT molecular complexity index is 1070. The lowest BCUT2D eigenvalue weighted by atomic mass is 10.1. The van der Waals surface area contributed by atoms with Crippen molar-refractivity contribution in [2.75, 3.05) is 23.7 Å². The van der Waals surface area contributed by atoms with Crippen LogP contribution in [0.25, 0.3) is 0 Å². The third-order valence-corrected chi connectivity index (χ3v) is 7.28. The first-order valence-corrected chi connectivity index (χ1v) is 14.6. The second-order valence-electron chi connectivity index (χ2n) is 9.37. The van der Waals surface area contributed by atoms with Crippen LogP contribution in [-0.4, -0.2) is 56.6 Å². The van der Waals surface area contributed by atoms with Crippen LogP contribution in [0.3, 0.4) is 0 Å². The van der Waals surface area contributed by atoms with E-state index in [2.05, 4.69) is 5.32 Å². The number of rotatable bonds is 14. The molecule has 198 valence electrons. The number of benzene rings is 2. The van der Waals surface area contributed by atoms with E-state index in [1.54, 1.807) is 17.0 Å². The fraction of sp³-hybridized carbons (Fsp3) is 0.500. The van der Waals surface area contributed by atoms with Crippen molar-refractivity contribution in [2.24, 2.45) is 0 Å². The zero-order valence-corrected chi connectivity index (χ0v) is 23.1. The van der Waals surface area contributed by atoms with E-state index in [9.17, 15) is 18.0 Å². The molecule has 0 heterocycles. The fourth-order valence-electron chi connectivity index (χ4n) is 4.18. The smallest absolute Gasteiger partial charge is 0.242 e. The molecule has 0 aromatic heterocycles. The minimum atomic E-state index is -3.51. The zero-order chi connectivity index (χ0) is 26.7. The van der Waals surface area contributed by atoms with Crippen molar-refractivity contribution in [2.45, 2.75) is 71.9 Å². The summed E-state index contributed by atoms with van der Waals surface area (Å²) in [6.07, 6.45) is 3.69. The zero-order valence-electron chi connectivity index (χ0n) is 22.2. The van der Waals surface area contributed by atoms with Gasteiger partial charge in [-0.3, -0.25) is 13.9 Å². The van der Waals surface area contributed by atoms with Gasteiger partial charge in [0.1, 0.15) is 6.04 Å². The standard InChI is InChI=1S/C28H41N3O4S/c1-6-23-15-17-25(18-16-23)31(36(5,34)35)20-11-14-27(32)30(21-19-24-12-9-8-10-13-24)26(7-2)28(33)29-22(3)4/h8-10,12-13,15-18,22,26H,6-7,11,14,19-21H2,1-5H3,(H,29,33)/t26-/m0/s1. The van der Waals surface area contributed by atoms with Gasteiger partial charge in [-0.1, -0.05) is 56.3 Å². The quantitative estimate of drug-likeness (QED) is 0.409. The van der Waals surface area contributed by atoms with Gasteiger partial charge in [-0.25, -0.2) is 8.42 Å². The maximum Gasteiger partial charge on any atom is 0.242 e. The van der Waals surface area contributed by atoms with Gasteiger partial charge < -0.3 is 10.2 Å². The monoisotopic (exact) mass is 515 g/mol. The molecule has 0 bridgehead atoms. The first kappa shape index (κ1) is 29.4. The average molecular weight is 516 g/mol.